The summed E-state index contributed by atoms with van der Waals surface area (Å²) in [5.74, 6) is -0.182. The topological polar surface area (TPSA) is 86.2 Å². The van der Waals surface area contributed by atoms with Gasteiger partial charge in [0.15, 0.2) is 0 Å². The molecule has 2 aliphatic rings. The van der Waals surface area contributed by atoms with Crippen molar-refractivity contribution in [1.29, 1.82) is 0 Å². The minimum Gasteiger partial charge on any atom is -0.216 e. The van der Waals surface area contributed by atoms with Gasteiger partial charge in [0.05, 0.1) is 0 Å². The molecule has 1 spiro atoms. The van der Waals surface area contributed by atoms with Crippen molar-refractivity contribution >= 4 is 21.4 Å². The van der Waals surface area contributed by atoms with E-state index in [1.165, 1.54) is 41.7 Å². The zero-order valence-electron chi connectivity index (χ0n) is 13.5. The average Bonchev–Trinajstić information content (AvgIpc) is 3.19. The number of hydrogen-bond donors (Lipinski definition) is 2. The summed E-state index contributed by atoms with van der Waals surface area (Å²) in [7, 11) is -3.67. The molecule has 6 heteroatoms. The molecule has 4 rings (SSSR count). The number of halogens is 1. The fourth-order valence-corrected chi connectivity index (χ4v) is 2.93. The summed E-state index contributed by atoms with van der Waals surface area (Å²) in [6, 6.07) is 17.3. The zero-order chi connectivity index (χ0) is 18.1. The Labute approximate surface area is 146 Å². The van der Waals surface area contributed by atoms with Gasteiger partial charge in [-0.25, -0.2) is 14.7 Å². The Morgan fingerprint density at radius 2 is 1.24 bits per heavy atom. The largest absolute Gasteiger partial charge is 0.271 e. The first-order chi connectivity index (χ1) is 11.8. The Morgan fingerprint density at radius 1 is 0.800 bits per heavy atom. The Balaban J connectivity index is 0.000000324. The molecule has 0 heterocycles. The highest BCUT2D eigenvalue weighted by molar-refractivity contribution is 7.86. The summed E-state index contributed by atoms with van der Waals surface area (Å²) in [6.45, 7) is 0. The van der Waals surface area contributed by atoms with E-state index in [4.69, 9.17) is 0 Å². The van der Waals surface area contributed by atoms with Crippen molar-refractivity contribution in [3.63, 3.8) is 0 Å². The summed E-state index contributed by atoms with van der Waals surface area (Å²) in [5.41, 5.74) is 5.15. The smallest absolute Gasteiger partial charge is 0.216 e. The summed E-state index contributed by atoms with van der Waals surface area (Å²) in [4.78, 5) is 0. The summed E-state index contributed by atoms with van der Waals surface area (Å²) >= 11 is 0. The molecule has 0 aromatic heterocycles. The lowest BCUT2D eigenvalue weighted by molar-refractivity contribution is 0.599. The van der Waals surface area contributed by atoms with E-state index in [-0.39, 0.29) is 11.2 Å². The van der Waals surface area contributed by atoms with E-state index >= 15 is 0 Å². The SMILES string of the molecule is Fc1ccc(C2=CC3(C=C2c2ccccc2)CC3)cc1.NS(N)(=O)=O. The summed E-state index contributed by atoms with van der Waals surface area (Å²) in [5, 5.41) is 8.21. The third kappa shape index (κ3) is 4.63. The Hall–Kier alpha value is -2.28. The van der Waals surface area contributed by atoms with Crippen LogP contribution >= 0.6 is 0 Å². The third-order valence-corrected chi connectivity index (χ3v) is 4.22. The maximum absolute atomic E-state index is 13.1. The molecule has 0 unspecified atom stereocenters. The van der Waals surface area contributed by atoms with Crippen LogP contribution < -0.4 is 10.3 Å². The highest BCUT2D eigenvalue weighted by atomic mass is 32.2. The van der Waals surface area contributed by atoms with Crippen LogP contribution in [0.15, 0.2) is 66.7 Å². The molecular weight excluding hydrogens is 339 g/mol. The lowest BCUT2D eigenvalue weighted by Crippen LogP contribution is -2.21. The van der Waals surface area contributed by atoms with Crippen LogP contribution in [0.1, 0.15) is 24.0 Å². The molecular formula is C19H19FN2O2S. The molecule has 2 aliphatic carbocycles. The van der Waals surface area contributed by atoms with Crippen molar-refractivity contribution in [3.05, 3.63) is 83.7 Å². The van der Waals surface area contributed by atoms with Crippen LogP contribution in [0, 0.1) is 11.2 Å². The fourth-order valence-electron chi connectivity index (χ4n) is 2.93. The van der Waals surface area contributed by atoms with E-state index < -0.39 is 10.2 Å². The van der Waals surface area contributed by atoms with Crippen molar-refractivity contribution in [1.82, 2.24) is 0 Å². The monoisotopic (exact) mass is 358 g/mol. The molecule has 0 radical (unpaired) electrons. The molecule has 0 amide bonds. The zero-order valence-corrected chi connectivity index (χ0v) is 14.3. The van der Waals surface area contributed by atoms with E-state index in [1.54, 1.807) is 0 Å². The second-order valence-corrected chi connectivity index (χ2v) is 7.49. The molecule has 2 aromatic rings. The fraction of sp³-hybridized carbons (Fsp3) is 0.158. The van der Waals surface area contributed by atoms with Crippen molar-refractivity contribution in [2.24, 2.45) is 15.7 Å². The van der Waals surface area contributed by atoms with E-state index in [0.29, 0.717) is 0 Å². The van der Waals surface area contributed by atoms with Crippen LogP contribution in [0.4, 0.5) is 4.39 Å². The van der Waals surface area contributed by atoms with Gasteiger partial charge in [-0.05, 0) is 47.2 Å². The van der Waals surface area contributed by atoms with E-state index in [1.807, 2.05) is 18.2 Å². The Morgan fingerprint density at radius 3 is 1.68 bits per heavy atom. The highest BCUT2D eigenvalue weighted by Crippen LogP contribution is 2.57. The molecule has 2 aromatic carbocycles. The quantitative estimate of drug-likeness (QED) is 0.863. The van der Waals surface area contributed by atoms with Gasteiger partial charge in [-0.15, -0.1) is 0 Å². The van der Waals surface area contributed by atoms with E-state index in [2.05, 4.69) is 46.7 Å². The number of hydrogen-bond acceptors (Lipinski definition) is 2. The Kier molecular flexibility index (Phi) is 4.60. The molecule has 0 bridgehead atoms. The molecule has 1 saturated carbocycles. The lowest BCUT2D eigenvalue weighted by Gasteiger charge is -2.09. The first kappa shape index (κ1) is 17.5. The first-order valence-electron chi connectivity index (χ1n) is 7.84. The van der Waals surface area contributed by atoms with Crippen molar-refractivity contribution in [2.75, 3.05) is 0 Å². The van der Waals surface area contributed by atoms with Gasteiger partial charge >= 0.3 is 0 Å². The van der Waals surface area contributed by atoms with Crippen LogP contribution in [0.3, 0.4) is 0 Å². The normalized spacial score (nSPS) is 17.4. The van der Waals surface area contributed by atoms with Gasteiger partial charge < -0.3 is 0 Å². The molecule has 4 nitrogen and oxygen atoms in total. The molecule has 0 atom stereocenters. The maximum atomic E-state index is 13.1. The molecule has 1 fully saturated rings. The van der Waals surface area contributed by atoms with Gasteiger partial charge in [-0.2, -0.15) is 8.42 Å². The van der Waals surface area contributed by atoms with Crippen LogP contribution in [0.25, 0.3) is 11.1 Å². The molecule has 0 saturated heterocycles. The van der Waals surface area contributed by atoms with Gasteiger partial charge in [0, 0.05) is 5.41 Å². The predicted octanol–water partition coefficient (Wildman–Crippen LogP) is 3.24. The first-order valence-corrected chi connectivity index (χ1v) is 9.45. The highest BCUT2D eigenvalue weighted by Gasteiger charge is 2.43. The van der Waals surface area contributed by atoms with E-state index in [0.717, 1.165) is 5.56 Å². The number of allylic oxidation sites excluding steroid dienone is 4. The van der Waals surface area contributed by atoms with Gasteiger partial charge in [0.25, 0.3) is 10.2 Å². The van der Waals surface area contributed by atoms with Crippen LogP contribution in [0.2, 0.25) is 0 Å². The van der Waals surface area contributed by atoms with E-state index in [9.17, 15) is 12.8 Å². The predicted molar refractivity (Wildman–Crippen MR) is 97.8 cm³/mol. The van der Waals surface area contributed by atoms with Crippen LogP contribution in [0.5, 0.6) is 0 Å². The molecule has 25 heavy (non-hydrogen) atoms. The second kappa shape index (κ2) is 6.55. The lowest BCUT2D eigenvalue weighted by atomic mass is 9.95. The van der Waals surface area contributed by atoms with Crippen LogP contribution in [-0.2, 0) is 10.2 Å². The molecule has 4 N–H and O–H groups in total. The Bertz CT molecular complexity index is 921. The average molecular weight is 358 g/mol. The second-order valence-electron chi connectivity index (χ2n) is 6.31. The van der Waals surface area contributed by atoms with Gasteiger partial charge in [0.2, 0.25) is 0 Å². The maximum Gasteiger partial charge on any atom is 0.271 e. The summed E-state index contributed by atoms with van der Waals surface area (Å²) < 4.78 is 31.5. The number of nitrogens with two attached hydrogens (primary N) is 2. The number of rotatable bonds is 2. The van der Waals surface area contributed by atoms with Crippen molar-refractivity contribution in [2.45, 2.75) is 12.8 Å². The standard InChI is InChI=1S/C19H15F.H4N2O2S/c20-16-8-6-15(7-9-16)18-13-19(10-11-19)12-17(18)14-4-2-1-3-5-14;1-5(2,3)4/h1-9,12-13H,10-11H2;(H4,1,2,3,4). The van der Waals surface area contributed by atoms with Crippen LogP contribution in [-0.4, -0.2) is 8.42 Å². The molecule has 130 valence electrons. The van der Waals surface area contributed by atoms with Gasteiger partial charge in [0.1, 0.15) is 5.82 Å². The minimum absolute atomic E-state index is 0.182. The summed E-state index contributed by atoms with van der Waals surface area (Å²) in [6.07, 6.45) is 7.21. The van der Waals surface area contributed by atoms with Crippen molar-refractivity contribution in [3.8, 4) is 0 Å². The third-order valence-electron chi connectivity index (χ3n) is 4.22. The van der Waals surface area contributed by atoms with Gasteiger partial charge in [-0.3, -0.25) is 0 Å². The number of benzene rings is 2. The van der Waals surface area contributed by atoms with Crippen molar-refractivity contribution < 1.29 is 12.8 Å². The minimum atomic E-state index is -3.67. The molecule has 0 aliphatic heterocycles. The van der Waals surface area contributed by atoms with Gasteiger partial charge in [-0.1, -0.05) is 54.6 Å².